The van der Waals surface area contributed by atoms with Gasteiger partial charge in [0.15, 0.2) is 0 Å². The fraction of sp³-hybridized carbons (Fsp3) is 0.375. The van der Waals surface area contributed by atoms with Gasteiger partial charge < -0.3 is 20.1 Å². The molecule has 6 heteroatoms. The van der Waals surface area contributed by atoms with Crippen LogP contribution >= 0.6 is 0 Å². The fourth-order valence-electron chi connectivity index (χ4n) is 4.65. The normalized spacial score (nSPS) is 25.5. The van der Waals surface area contributed by atoms with E-state index in [0.717, 1.165) is 54.2 Å². The van der Waals surface area contributed by atoms with Crippen LogP contribution in [0.1, 0.15) is 30.5 Å². The van der Waals surface area contributed by atoms with E-state index >= 15 is 0 Å². The van der Waals surface area contributed by atoms with Gasteiger partial charge in [-0.3, -0.25) is 9.69 Å². The van der Waals surface area contributed by atoms with Crippen molar-refractivity contribution in [1.82, 2.24) is 4.90 Å². The largest absolute Gasteiger partial charge is 0.487 e. The van der Waals surface area contributed by atoms with E-state index in [1.165, 1.54) is 0 Å². The van der Waals surface area contributed by atoms with Crippen LogP contribution in [0.4, 0.5) is 11.4 Å². The molecule has 3 aliphatic heterocycles. The number of hydrogen-bond donors (Lipinski definition) is 2. The third-order valence-electron chi connectivity index (χ3n) is 5.87. The third kappa shape index (κ3) is 3.57. The Hall–Kier alpha value is -2.83. The van der Waals surface area contributed by atoms with Gasteiger partial charge in [-0.2, -0.15) is 0 Å². The highest BCUT2D eigenvalue weighted by molar-refractivity contribution is 6.36. The highest BCUT2D eigenvalue weighted by Crippen LogP contribution is 2.41. The molecule has 1 saturated heterocycles. The van der Waals surface area contributed by atoms with Gasteiger partial charge >= 0.3 is 0 Å². The molecule has 1 amide bonds. The lowest BCUT2D eigenvalue weighted by Gasteiger charge is -2.35. The average molecular weight is 405 g/mol. The van der Waals surface area contributed by atoms with Gasteiger partial charge in [0.25, 0.3) is 5.91 Å². The number of rotatable bonds is 4. The van der Waals surface area contributed by atoms with Crippen molar-refractivity contribution in [2.45, 2.75) is 32.7 Å². The van der Waals surface area contributed by atoms with E-state index in [4.69, 9.17) is 9.47 Å². The Kier molecular flexibility index (Phi) is 4.97. The Morgan fingerprint density at radius 3 is 2.73 bits per heavy atom. The highest BCUT2D eigenvalue weighted by Gasteiger charge is 2.32. The summed E-state index contributed by atoms with van der Waals surface area (Å²) >= 11 is 0. The number of carbonyl (C=O) groups is 1. The molecule has 3 heterocycles. The maximum atomic E-state index is 12.6. The number of fused-ring (bicyclic) bond motifs is 2. The Morgan fingerprint density at radius 2 is 1.90 bits per heavy atom. The van der Waals surface area contributed by atoms with E-state index in [9.17, 15) is 4.79 Å². The molecule has 2 aromatic rings. The van der Waals surface area contributed by atoms with Crippen LogP contribution in [0.3, 0.4) is 0 Å². The molecule has 0 bridgehead atoms. The zero-order chi connectivity index (χ0) is 20.7. The summed E-state index contributed by atoms with van der Waals surface area (Å²) in [6, 6.07) is 14.0. The second kappa shape index (κ2) is 7.78. The van der Waals surface area contributed by atoms with Gasteiger partial charge in [0.2, 0.25) is 0 Å². The first-order chi connectivity index (χ1) is 14.6. The number of ether oxygens (including phenoxy) is 2. The first kappa shape index (κ1) is 19.2. The topological polar surface area (TPSA) is 62.8 Å². The molecule has 156 valence electrons. The van der Waals surface area contributed by atoms with Crippen LogP contribution in [0.5, 0.6) is 0 Å². The van der Waals surface area contributed by atoms with Crippen molar-refractivity contribution in [3.63, 3.8) is 0 Å². The van der Waals surface area contributed by atoms with Crippen molar-refractivity contribution in [2.75, 3.05) is 36.8 Å². The van der Waals surface area contributed by atoms with Crippen molar-refractivity contribution in [1.29, 1.82) is 0 Å². The molecule has 3 aliphatic rings. The Morgan fingerprint density at radius 1 is 1.10 bits per heavy atom. The summed E-state index contributed by atoms with van der Waals surface area (Å²) in [7, 11) is 0. The average Bonchev–Trinajstić information content (AvgIpc) is 3.26. The van der Waals surface area contributed by atoms with Crippen LogP contribution in [0.25, 0.3) is 11.3 Å². The predicted octanol–water partition coefficient (Wildman–Crippen LogP) is 3.56. The molecule has 30 heavy (non-hydrogen) atoms. The number of carbonyl (C=O) groups excluding carboxylic acids is 1. The number of nitrogens with one attached hydrogen (secondary N) is 2. The molecule has 1 fully saturated rings. The molecule has 5 rings (SSSR count). The summed E-state index contributed by atoms with van der Waals surface area (Å²) in [5.41, 5.74) is 5.55. The highest BCUT2D eigenvalue weighted by atomic mass is 16.5. The summed E-state index contributed by atoms with van der Waals surface area (Å²) in [6.45, 7) is 8.56. The minimum absolute atomic E-state index is 0.102. The van der Waals surface area contributed by atoms with E-state index < -0.39 is 0 Å². The Bertz CT molecular complexity index is 1010. The zero-order valence-electron chi connectivity index (χ0n) is 17.4. The molecular formula is C24H27N3O3. The number of anilines is 2. The molecule has 6 nitrogen and oxygen atoms in total. The van der Waals surface area contributed by atoms with Crippen molar-refractivity contribution >= 4 is 28.6 Å². The van der Waals surface area contributed by atoms with Crippen LogP contribution in [-0.2, 0) is 20.9 Å². The minimum atomic E-state index is -0.102. The molecule has 0 aliphatic carbocycles. The van der Waals surface area contributed by atoms with Gasteiger partial charge in [0, 0.05) is 54.2 Å². The molecular weight excluding hydrogens is 378 g/mol. The van der Waals surface area contributed by atoms with Crippen molar-refractivity contribution in [2.24, 2.45) is 0 Å². The standard InChI is InChI=1S/C24H27N3O3/c1-15-12-27(13-16(2)30-15)10-9-25-18-7-8-19-17(11-18)14-29-23(19)22-20-5-3-4-6-21(20)26-24(22)28/h3-8,11,15-16,25H,9-10,12-14H2,1-2H3,(H,26,28)/b23-22+/t15-,16?/m0/s1. The van der Waals surface area contributed by atoms with E-state index in [2.05, 4.69) is 47.6 Å². The van der Waals surface area contributed by atoms with Crippen LogP contribution in [0, 0.1) is 0 Å². The maximum Gasteiger partial charge on any atom is 0.260 e. The van der Waals surface area contributed by atoms with Crippen molar-refractivity contribution < 1.29 is 14.3 Å². The molecule has 1 unspecified atom stereocenters. The summed E-state index contributed by atoms with van der Waals surface area (Å²) in [5, 5.41) is 6.46. The Balaban J connectivity index is 1.30. The molecule has 0 aromatic heterocycles. The van der Waals surface area contributed by atoms with Gasteiger partial charge in [0.05, 0.1) is 17.8 Å². The number of amides is 1. The minimum Gasteiger partial charge on any atom is -0.487 e. The van der Waals surface area contributed by atoms with Gasteiger partial charge in [-0.05, 0) is 38.1 Å². The van der Waals surface area contributed by atoms with Gasteiger partial charge in [-0.15, -0.1) is 0 Å². The van der Waals surface area contributed by atoms with Gasteiger partial charge in [-0.1, -0.05) is 18.2 Å². The van der Waals surface area contributed by atoms with Crippen LogP contribution in [0.15, 0.2) is 42.5 Å². The second-order valence-corrected chi connectivity index (χ2v) is 8.31. The number of nitrogens with zero attached hydrogens (tertiary/aromatic N) is 1. The first-order valence-electron chi connectivity index (χ1n) is 10.6. The smallest absolute Gasteiger partial charge is 0.260 e. The number of benzene rings is 2. The zero-order valence-corrected chi connectivity index (χ0v) is 17.4. The summed E-state index contributed by atoms with van der Waals surface area (Å²) in [6.07, 6.45) is 0.575. The Labute approximate surface area is 176 Å². The number of hydrogen-bond acceptors (Lipinski definition) is 5. The molecule has 2 atom stereocenters. The van der Waals surface area contributed by atoms with E-state index in [1.807, 2.05) is 24.3 Å². The summed E-state index contributed by atoms with van der Waals surface area (Å²) < 4.78 is 11.8. The predicted molar refractivity (Wildman–Crippen MR) is 118 cm³/mol. The van der Waals surface area contributed by atoms with Crippen molar-refractivity contribution in [3.8, 4) is 0 Å². The summed E-state index contributed by atoms with van der Waals surface area (Å²) in [5.74, 6) is 0.575. The molecule has 0 radical (unpaired) electrons. The molecule has 0 saturated carbocycles. The lowest BCUT2D eigenvalue weighted by Crippen LogP contribution is -2.46. The van der Waals surface area contributed by atoms with E-state index in [0.29, 0.717) is 17.9 Å². The summed E-state index contributed by atoms with van der Waals surface area (Å²) in [4.78, 5) is 15.0. The quantitative estimate of drug-likeness (QED) is 0.762. The van der Waals surface area contributed by atoms with E-state index in [-0.39, 0.29) is 18.1 Å². The lowest BCUT2D eigenvalue weighted by molar-refractivity contribution is -0.110. The van der Waals surface area contributed by atoms with Crippen LogP contribution in [0.2, 0.25) is 0 Å². The second-order valence-electron chi connectivity index (χ2n) is 8.31. The molecule has 2 aromatic carbocycles. The fourth-order valence-corrected chi connectivity index (χ4v) is 4.65. The van der Waals surface area contributed by atoms with Crippen LogP contribution in [-0.4, -0.2) is 49.2 Å². The molecule has 2 N–H and O–H groups in total. The number of para-hydroxylation sites is 1. The first-order valence-corrected chi connectivity index (χ1v) is 10.6. The third-order valence-corrected chi connectivity index (χ3v) is 5.87. The SMILES string of the molecule is CC1CN(CCNc2ccc3c(c2)CO/C3=C2/C(=O)Nc3ccccc32)C[C@H](C)O1. The van der Waals surface area contributed by atoms with Gasteiger partial charge in [-0.25, -0.2) is 0 Å². The lowest BCUT2D eigenvalue weighted by atomic mass is 10.0. The van der Waals surface area contributed by atoms with Crippen molar-refractivity contribution in [3.05, 3.63) is 59.2 Å². The number of morpholine rings is 1. The van der Waals surface area contributed by atoms with E-state index in [1.54, 1.807) is 0 Å². The van der Waals surface area contributed by atoms with Gasteiger partial charge in [0.1, 0.15) is 12.4 Å². The maximum absolute atomic E-state index is 12.6. The van der Waals surface area contributed by atoms with Crippen LogP contribution < -0.4 is 10.6 Å². The molecule has 0 spiro atoms. The monoisotopic (exact) mass is 405 g/mol.